The molecule has 2 fully saturated rings. The number of nitrogens with two attached hydrogens (primary N) is 1. The molecule has 12 heavy (non-hydrogen) atoms. The number of hydrogen-bond acceptors (Lipinski definition) is 3. The fraction of sp³-hybridized carbons (Fsp3) is 1.00. The van der Waals surface area contributed by atoms with Gasteiger partial charge < -0.3 is 15.6 Å². The average Bonchev–Trinajstić information content (AvgIpc) is 2.82. The minimum absolute atomic E-state index is 0.00588. The predicted octanol–water partition coefficient (Wildman–Crippen LogP) is 0.265. The second-order valence-electron chi connectivity index (χ2n) is 4.17. The maximum Gasteiger partial charge on any atom is 0.0976 e. The van der Waals surface area contributed by atoms with Crippen LogP contribution in [0.3, 0.4) is 0 Å². The van der Waals surface area contributed by atoms with Crippen molar-refractivity contribution in [3.8, 4) is 0 Å². The summed E-state index contributed by atoms with van der Waals surface area (Å²) in [6.07, 6.45) is 4.01. The van der Waals surface area contributed by atoms with Crippen molar-refractivity contribution in [1.82, 2.24) is 0 Å². The molecule has 3 heteroatoms. The standard InChI is InChI=1S/C9H17NO2/c1-12-7-2-3-9(7,11)8(6-10)4-5-8/h7,11H,2-6,10H2,1H3. The highest BCUT2D eigenvalue weighted by molar-refractivity contribution is 5.16. The van der Waals surface area contributed by atoms with Crippen molar-refractivity contribution >= 4 is 0 Å². The molecule has 2 aliphatic rings. The van der Waals surface area contributed by atoms with Crippen molar-refractivity contribution in [3.63, 3.8) is 0 Å². The van der Waals surface area contributed by atoms with Crippen molar-refractivity contribution in [2.45, 2.75) is 37.4 Å². The predicted molar refractivity (Wildman–Crippen MR) is 45.7 cm³/mol. The highest BCUT2D eigenvalue weighted by Gasteiger charge is 2.65. The second-order valence-corrected chi connectivity index (χ2v) is 4.17. The number of rotatable bonds is 3. The molecule has 0 spiro atoms. The zero-order chi connectivity index (χ0) is 8.82. The molecule has 0 bridgehead atoms. The van der Waals surface area contributed by atoms with E-state index >= 15 is 0 Å². The SMILES string of the molecule is COC1CCC1(O)C1(CN)CC1. The summed E-state index contributed by atoms with van der Waals surface area (Å²) in [4.78, 5) is 0. The second kappa shape index (κ2) is 2.44. The van der Waals surface area contributed by atoms with E-state index in [1.54, 1.807) is 7.11 Å². The lowest BCUT2D eigenvalue weighted by Crippen LogP contribution is -2.60. The van der Waals surface area contributed by atoms with Gasteiger partial charge in [-0.3, -0.25) is 0 Å². The van der Waals surface area contributed by atoms with Gasteiger partial charge in [0.25, 0.3) is 0 Å². The van der Waals surface area contributed by atoms with Crippen molar-refractivity contribution in [2.75, 3.05) is 13.7 Å². The van der Waals surface area contributed by atoms with Crippen LogP contribution in [0.4, 0.5) is 0 Å². The molecule has 0 heterocycles. The fourth-order valence-electron chi connectivity index (χ4n) is 2.42. The number of methoxy groups -OCH3 is 1. The lowest BCUT2D eigenvalue weighted by Gasteiger charge is -2.49. The van der Waals surface area contributed by atoms with E-state index in [2.05, 4.69) is 0 Å². The van der Waals surface area contributed by atoms with E-state index in [-0.39, 0.29) is 11.5 Å². The molecule has 2 unspecified atom stereocenters. The lowest BCUT2D eigenvalue weighted by molar-refractivity contribution is -0.197. The molecule has 3 nitrogen and oxygen atoms in total. The average molecular weight is 171 g/mol. The van der Waals surface area contributed by atoms with Crippen molar-refractivity contribution in [3.05, 3.63) is 0 Å². The van der Waals surface area contributed by atoms with E-state index < -0.39 is 5.60 Å². The summed E-state index contributed by atoms with van der Waals surface area (Å²) in [6.45, 7) is 0.601. The van der Waals surface area contributed by atoms with Gasteiger partial charge in [0, 0.05) is 19.1 Å². The molecule has 0 aromatic rings. The van der Waals surface area contributed by atoms with Gasteiger partial charge in [0.05, 0.1) is 11.7 Å². The van der Waals surface area contributed by atoms with E-state index in [4.69, 9.17) is 10.5 Å². The third-order valence-corrected chi connectivity index (χ3v) is 3.77. The Morgan fingerprint density at radius 3 is 2.42 bits per heavy atom. The number of ether oxygens (including phenoxy) is 1. The van der Waals surface area contributed by atoms with Crippen LogP contribution < -0.4 is 5.73 Å². The fourth-order valence-corrected chi connectivity index (χ4v) is 2.42. The van der Waals surface area contributed by atoms with Crippen LogP contribution in [0, 0.1) is 5.41 Å². The van der Waals surface area contributed by atoms with Crippen molar-refractivity contribution < 1.29 is 9.84 Å². The molecule has 0 saturated heterocycles. The Bertz CT molecular complexity index is 189. The first-order chi connectivity index (χ1) is 5.68. The smallest absolute Gasteiger partial charge is 0.0976 e. The van der Waals surface area contributed by atoms with Gasteiger partial charge in [-0.1, -0.05) is 0 Å². The van der Waals surface area contributed by atoms with Crippen LogP contribution in [0.5, 0.6) is 0 Å². The molecule has 0 aliphatic heterocycles. The Labute approximate surface area is 72.9 Å². The Kier molecular flexibility index (Phi) is 1.72. The molecule has 0 radical (unpaired) electrons. The minimum Gasteiger partial charge on any atom is -0.387 e. The molecule has 2 rings (SSSR count). The Balaban J connectivity index is 2.11. The highest BCUT2D eigenvalue weighted by Crippen LogP contribution is 2.60. The van der Waals surface area contributed by atoms with E-state index in [9.17, 15) is 5.11 Å². The van der Waals surface area contributed by atoms with Gasteiger partial charge in [-0.2, -0.15) is 0 Å². The summed E-state index contributed by atoms with van der Waals surface area (Å²) in [5.41, 5.74) is 5.07. The molecule has 0 amide bonds. The van der Waals surface area contributed by atoms with Crippen LogP contribution in [0.2, 0.25) is 0 Å². The largest absolute Gasteiger partial charge is 0.387 e. The Hall–Kier alpha value is -0.120. The maximum atomic E-state index is 10.3. The summed E-state index contributed by atoms with van der Waals surface area (Å²) < 4.78 is 5.22. The van der Waals surface area contributed by atoms with Crippen LogP contribution in [-0.4, -0.2) is 30.5 Å². The van der Waals surface area contributed by atoms with Crippen LogP contribution in [0.25, 0.3) is 0 Å². The molecule has 2 aliphatic carbocycles. The topological polar surface area (TPSA) is 55.5 Å². The van der Waals surface area contributed by atoms with E-state index in [1.165, 1.54) is 0 Å². The molecular weight excluding hydrogens is 154 g/mol. The number of aliphatic hydroxyl groups is 1. The van der Waals surface area contributed by atoms with Gasteiger partial charge in [0.15, 0.2) is 0 Å². The Morgan fingerprint density at radius 2 is 2.17 bits per heavy atom. The molecule has 0 aromatic heterocycles. The quantitative estimate of drug-likeness (QED) is 0.640. The van der Waals surface area contributed by atoms with Crippen molar-refractivity contribution in [2.24, 2.45) is 11.1 Å². The van der Waals surface area contributed by atoms with Gasteiger partial charge in [0.1, 0.15) is 0 Å². The van der Waals surface area contributed by atoms with Crippen LogP contribution in [-0.2, 0) is 4.74 Å². The van der Waals surface area contributed by atoms with Crippen LogP contribution in [0.1, 0.15) is 25.7 Å². The monoisotopic (exact) mass is 171 g/mol. The van der Waals surface area contributed by atoms with Crippen molar-refractivity contribution in [1.29, 1.82) is 0 Å². The zero-order valence-electron chi connectivity index (χ0n) is 7.55. The van der Waals surface area contributed by atoms with Gasteiger partial charge in [-0.25, -0.2) is 0 Å². The van der Waals surface area contributed by atoms with Crippen LogP contribution >= 0.6 is 0 Å². The first-order valence-corrected chi connectivity index (χ1v) is 4.64. The van der Waals surface area contributed by atoms with Crippen LogP contribution in [0.15, 0.2) is 0 Å². The first-order valence-electron chi connectivity index (χ1n) is 4.64. The molecule has 3 N–H and O–H groups in total. The normalized spacial score (nSPS) is 43.8. The molecular formula is C9H17NO2. The van der Waals surface area contributed by atoms with E-state index in [1.807, 2.05) is 0 Å². The van der Waals surface area contributed by atoms with E-state index in [0.29, 0.717) is 6.54 Å². The lowest BCUT2D eigenvalue weighted by atomic mass is 9.66. The maximum absolute atomic E-state index is 10.3. The summed E-state index contributed by atoms with van der Waals surface area (Å²) in [6, 6.07) is 0. The summed E-state index contributed by atoms with van der Waals surface area (Å²) in [5.74, 6) is 0. The highest BCUT2D eigenvalue weighted by atomic mass is 16.5. The zero-order valence-corrected chi connectivity index (χ0v) is 7.55. The van der Waals surface area contributed by atoms with Gasteiger partial charge in [-0.15, -0.1) is 0 Å². The summed E-state index contributed by atoms with van der Waals surface area (Å²) in [5, 5.41) is 10.3. The molecule has 0 aromatic carbocycles. The first kappa shape index (κ1) is 8.48. The molecule has 2 saturated carbocycles. The minimum atomic E-state index is -0.601. The molecule has 2 atom stereocenters. The summed E-state index contributed by atoms with van der Waals surface area (Å²) >= 11 is 0. The summed E-state index contributed by atoms with van der Waals surface area (Å²) in [7, 11) is 1.67. The van der Waals surface area contributed by atoms with E-state index in [0.717, 1.165) is 25.7 Å². The third-order valence-electron chi connectivity index (χ3n) is 3.77. The molecule has 70 valence electrons. The van der Waals surface area contributed by atoms with Gasteiger partial charge >= 0.3 is 0 Å². The Morgan fingerprint density at radius 1 is 1.50 bits per heavy atom. The third kappa shape index (κ3) is 0.817. The number of hydrogen-bond donors (Lipinski definition) is 2. The van der Waals surface area contributed by atoms with Gasteiger partial charge in [-0.05, 0) is 25.7 Å². The van der Waals surface area contributed by atoms with Gasteiger partial charge in [0.2, 0.25) is 0 Å².